The Labute approximate surface area is 170 Å². The molecule has 0 aliphatic heterocycles. The van der Waals surface area contributed by atoms with Gasteiger partial charge in [0.15, 0.2) is 0 Å². The van der Waals surface area contributed by atoms with Crippen LogP contribution in [0.15, 0.2) is 47.6 Å². The van der Waals surface area contributed by atoms with Gasteiger partial charge in [-0.25, -0.2) is 0 Å². The predicted octanol–water partition coefficient (Wildman–Crippen LogP) is 3.51. The van der Waals surface area contributed by atoms with Crippen molar-refractivity contribution in [3.63, 3.8) is 0 Å². The molecule has 7 nitrogen and oxygen atoms in total. The third kappa shape index (κ3) is 5.26. The van der Waals surface area contributed by atoms with Crippen LogP contribution in [-0.2, 0) is 0 Å². The highest BCUT2D eigenvalue weighted by Gasteiger charge is 2.13. The van der Waals surface area contributed by atoms with Crippen LogP contribution in [0.1, 0.15) is 0 Å². The summed E-state index contributed by atoms with van der Waals surface area (Å²) in [7, 11) is 1.61. The third-order valence-corrected chi connectivity index (χ3v) is 5.08. The summed E-state index contributed by atoms with van der Waals surface area (Å²) in [4.78, 5) is 0. The fourth-order valence-electron chi connectivity index (χ4n) is 2.15. The van der Waals surface area contributed by atoms with Crippen molar-refractivity contribution in [1.82, 2.24) is 20.2 Å². The van der Waals surface area contributed by atoms with E-state index in [4.69, 9.17) is 32.7 Å². The standard InChI is InChI=1S/C17H16Cl2N4O3S/c1-25-14-5-3-12(4-6-14)23-17(20-21-22-23)27-10-13(24)9-26-16-7-2-11(18)8-15(16)19/h2-8,13,24H,9-10H2,1H3/t13-/m1/s1. The number of halogens is 2. The first kappa shape index (κ1) is 19.8. The second kappa shape index (κ2) is 9.27. The number of methoxy groups -OCH3 is 1. The highest BCUT2D eigenvalue weighted by atomic mass is 35.5. The van der Waals surface area contributed by atoms with Crippen LogP contribution >= 0.6 is 35.0 Å². The van der Waals surface area contributed by atoms with Gasteiger partial charge in [0.2, 0.25) is 5.16 Å². The van der Waals surface area contributed by atoms with E-state index in [1.54, 1.807) is 30.0 Å². The van der Waals surface area contributed by atoms with Crippen LogP contribution in [0.2, 0.25) is 10.0 Å². The molecule has 0 amide bonds. The zero-order chi connectivity index (χ0) is 19.2. The van der Waals surface area contributed by atoms with Crippen LogP contribution in [0, 0.1) is 0 Å². The van der Waals surface area contributed by atoms with E-state index >= 15 is 0 Å². The summed E-state index contributed by atoms with van der Waals surface area (Å²) < 4.78 is 12.3. The second-order valence-electron chi connectivity index (χ2n) is 5.42. The lowest BCUT2D eigenvalue weighted by Crippen LogP contribution is -2.20. The van der Waals surface area contributed by atoms with Gasteiger partial charge in [0.25, 0.3) is 0 Å². The quantitative estimate of drug-likeness (QED) is 0.551. The highest BCUT2D eigenvalue weighted by Crippen LogP contribution is 2.28. The van der Waals surface area contributed by atoms with E-state index in [1.807, 2.05) is 24.3 Å². The molecule has 142 valence electrons. The lowest BCUT2D eigenvalue weighted by molar-refractivity contribution is 0.126. The number of hydrogen-bond acceptors (Lipinski definition) is 7. The van der Waals surface area contributed by atoms with Gasteiger partial charge in [0, 0.05) is 10.8 Å². The summed E-state index contributed by atoms with van der Waals surface area (Å²) in [6, 6.07) is 12.3. The van der Waals surface area contributed by atoms with Gasteiger partial charge in [-0.2, -0.15) is 4.68 Å². The van der Waals surface area contributed by atoms with E-state index in [1.165, 1.54) is 11.8 Å². The molecule has 0 unspecified atom stereocenters. The van der Waals surface area contributed by atoms with Crippen molar-refractivity contribution >= 4 is 35.0 Å². The molecule has 0 saturated carbocycles. The van der Waals surface area contributed by atoms with E-state index in [9.17, 15) is 5.11 Å². The smallest absolute Gasteiger partial charge is 0.214 e. The molecule has 3 rings (SSSR count). The summed E-state index contributed by atoms with van der Waals surface area (Å²) in [5, 5.41) is 23.3. The van der Waals surface area contributed by atoms with Gasteiger partial charge in [-0.05, 0) is 52.9 Å². The van der Waals surface area contributed by atoms with Crippen molar-refractivity contribution in [3.8, 4) is 17.2 Å². The first-order chi connectivity index (χ1) is 13.1. The van der Waals surface area contributed by atoms with Gasteiger partial charge in [0.1, 0.15) is 18.1 Å². The van der Waals surface area contributed by atoms with Crippen molar-refractivity contribution in [2.45, 2.75) is 11.3 Å². The molecule has 0 fully saturated rings. The van der Waals surface area contributed by atoms with E-state index in [-0.39, 0.29) is 6.61 Å². The molecular weight excluding hydrogens is 411 g/mol. The van der Waals surface area contributed by atoms with Gasteiger partial charge < -0.3 is 14.6 Å². The molecule has 2 aromatic carbocycles. The lowest BCUT2D eigenvalue weighted by Gasteiger charge is -2.13. The number of ether oxygens (including phenoxy) is 2. The second-order valence-corrected chi connectivity index (χ2v) is 7.25. The fourth-order valence-corrected chi connectivity index (χ4v) is 3.41. The normalized spacial score (nSPS) is 12.0. The Hall–Kier alpha value is -2.00. The summed E-state index contributed by atoms with van der Waals surface area (Å²) in [6.07, 6.45) is -0.734. The summed E-state index contributed by atoms with van der Waals surface area (Å²) >= 11 is 13.2. The van der Waals surface area contributed by atoms with Crippen LogP contribution in [0.25, 0.3) is 5.69 Å². The van der Waals surface area contributed by atoms with Crippen molar-refractivity contribution < 1.29 is 14.6 Å². The number of hydrogen-bond donors (Lipinski definition) is 1. The van der Waals surface area contributed by atoms with Crippen LogP contribution in [-0.4, -0.2) is 50.9 Å². The largest absolute Gasteiger partial charge is 0.497 e. The summed E-state index contributed by atoms with van der Waals surface area (Å²) in [6.45, 7) is 0.0818. The Morgan fingerprint density at radius 1 is 1.19 bits per heavy atom. The Bertz CT molecular complexity index is 892. The molecule has 1 N–H and O–H groups in total. The molecule has 1 heterocycles. The Balaban J connectivity index is 1.56. The predicted molar refractivity (Wildman–Crippen MR) is 104 cm³/mol. The third-order valence-electron chi connectivity index (χ3n) is 3.49. The monoisotopic (exact) mass is 426 g/mol. The number of rotatable bonds is 8. The number of aliphatic hydroxyl groups is 1. The SMILES string of the molecule is COc1ccc(-n2nnnc2SC[C@H](O)COc2ccc(Cl)cc2Cl)cc1. The molecule has 1 atom stereocenters. The van der Waals surface area contributed by atoms with Crippen molar-refractivity contribution in [3.05, 3.63) is 52.5 Å². The molecular formula is C17H16Cl2N4O3S. The molecule has 0 aliphatic carbocycles. The fraction of sp³-hybridized carbons (Fsp3) is 0.235. The molecule has 1 aromatic heterocycles. The average molecular weight is 427 g/mol. The summed E-state index contributed by atoms with van der Waals surface area (Å²) in [5.74, 6) is 1.56. The molecule has 0 bridgehead atoms. The molecule has 27 heavy (non-hydrogen) atoms. The number of aromatic nitrogens is 4. The Morgan fingerprint density at radius 2 is 1.96 bits per heavy atom. The topological polar surface area (TPSA) is 82.3 Å². The number of thioether (sulfide) groups is 1. The highest BCUT2D eigenvalue weighted by molar-refractivity contribution is 7.99. The Kier molecular flexibility index (Phi) is 6.78. The molecule has 3 aromatic rings. The van der Waals surface area contributed by atoms with E-state index in [2.05, 4.69) is 15.5 Å². The number of aliphatic hydroxyl groups excluding tert-OH is 1. The lowest BCUT2D eigenvalue weighted by atomic mass is 10.3. The van der Waals surface area contributed by atoms with E-state index < -0.39 is 6.10 Å². The van der Waals surface area contributed by atoms with Gasteiger partial charge in [-0.3, -0.25) is 0 Å². The molecule has 0 saturated heterocycles. The Morgan fingerprint density at radius 3 is 2.67 bits per heavy atom. The zero-order valence-electron chi connectivity index (χ0n) is 14.2. The first-order valence-electron chi connectivity index (χ1n) is 7.88. The van der Waals surface area contributed by atoms with Crippen LogP contribution in [0.3, 0.4) is 0 Å². The maximum absolute atomic E-state index is 10.2. The summed E-state index contributed by atoms with van der Waals surface area (Å²) in [5.41, 5.74) is 0.794. The van der Waals surface area contributed by atoms with Gasteiger partial charge >= 0.3 is 0 Å². The van der Waals surface area contributed by atoms with Gasteiger partial charge in [0.05, 0.1) is 23.9 Å². The zero-order valence-corrected chi connectivity index (χ0v) is 16.6. The number of tetrazole rings is 1. The first-order valence-corrected chi connectivity index (χ1v) is 9.62. The van der Waals surface area contributed by atoms with Gasteiger partial charge in [-0.15, -0.1) is 5.10 Å². The maximum atomic E-state index is 10.2. The number of benzene rings is 2. The van der Waals surface area contributed by atoms with Crippen LogP contribution in [0.4, 0.5) is 0 Å². The average Bonchev–Trinajstić information content (AvgIpc) is 3.14. The molecule has 0 aliphatic rings. The van der Waals surface area contributed by atoms with Crippen LogP contribution in [0.5, 0.6) is 11.5 Å². The van der Waals surface area contributed by atoms with E-state index in [0.717, 1.165) is 11.4 Å². The van der Waals surface area contributed by atoms with Crippen molar-refractivity contribution in [1.29, 1.82) is 0 Å². The molecule has 0 radical (unpaired) electrons. The van der Waals surface area contributed by atoms with Gasteiger partial charge in [-0.1, -0.05) is 35.0 Å². The minimum atomic E-state index is -0.734. The van der Waals surface area contributed by atoms with Crippen molar-refractivity contribution in [2.24, 2.45) is 0 Å². The number of nitrogens with zero attached hydrogens (tertiary/aromatic N) is 4. The maximum Gasteiger partial charge on any atom is 0.214 e. The van der Waals surface area contributed by atoms with E-state index in [0.29, 0.717) is 26.7 Å². The minimum absolute atomic E-state index is 0.0818. The molecule has 10 heteroatoms. The minimum Gasteiger partial charge on any atom is -0.497 e. The molecule has 0 spiro atoms. The van der Waals surface area contributed by atoms with Crippen molar-refractivity contribution in [2.75, 3.05) is 19.5 Å². The van der Waals surface area contributed by atoms with Crippen LogP contribution < -0.4 is 9.47 Å².